The first-order valence-corrected chi connectivity index (χ1v) is 8.92. The van der Waals surface area contributed by atoms with Crippen molar-refractivity contribution in [2.75, 3.05) is 6.54 Å². The molecule has 0 spiro atoms. The molecule has 1 amide bonds. The molecule has 1 aromatic carbocycles. The fourth-order valence-corrected chi connectivity index (χ4v) is 3.85. The molecule has 5 nitrogen and oxygen atoms in total. The predicted molar refractivity (Wildman–Crippen MR) is 92.5 cm³/mol. The quantitative estimate of drug-likeness (QED) is 0.940. The topological polar surface area (TPSA) is 50.2 Å². The van der Waals surface area contributed by atoms with Crippen molar-refractivity contribution in [3.63, 3.8) is 0 Å². The highest BCUT2D eigenvalue weighted by atomic mass is 16.1. The van der Waals surface area contributed by atoms with Crippen molar-refractivity contribution in [2.24, 2.45) is 0 Å². The van der Waals surface area contributed by atoms with Crippen LogP contribution in [0.5, 0.6) is 0 Å². The molecule has 1 saturated carbocycles. The van der Waals surface area contributed by atoms with Crippen molar-refractivity contribution in [1.82, 2.24) is 20.0 Å². The summed E-state index contributed by atoms with van der Waals surface area (Å²) in [6.07, 6.45) is 5.35. The Hall–Kier alpha value is -2.14. The summed E-state index contributed by atoms with van der Waals surface area (Å²) in [6.45, 7) is 3.39. The van der Waals surface area contributed by atoms with E-state index in [1.165, 1.54) is 25.7 Å². The van der Waals surface area contributed by atoms with E-state index in [1.807, 2.05) is 41.1 Å². The van der Waals surface area contributed by atoms with E-state index in [0.717, 1.165) is 36.9 Å². The van der Waals surface area contributed by atoms with Crippen molar-refractivity contribution in [3.05, 3.63) is 53.3 Å². The van der Waals surface area contributed by atoms with E-state index >= 15 is 0 Å². The summed E-state index contributed by atoms with van der Waals surface area (Å²) < 4.78 is 2.00. The third-order valence-corrected chi connectivity index (χ3v) is 5.20. The molecule has 0 unspecified atom stereocenters. The van der Waals surface area contributed by atoms with Crippen LogP contribution in [0, 0.1) is 0 Å². The molecule has 4 rings (SSSR count). The van der Waals surface area contributed by atoms with Gasteiger partial charge in [0.1, 0.15) is 0 Å². The largest absolute Gasteiger partial charge is 0.347 e. The fraction of sp³-hybridized carbons (Fsp3) is 0.474. The summed E-state index contributed by atoms with van der Waals surface area (Å²) in [5.41, 5.74) is 2.80. The minimum absolute atomic E-state index is 0.0897. The number of benzene rings is 1. The molecule has 1 aliphatic heterocycles. The molecule has 0 saturated heterocycles. The molecule has 1 aromatic heterocycles. The van der Waals surface area contributed by atoms with E-state index in [-0.39, 0.29) is 5.91 Å². The molecule has 0 radical (unpaired) electrons. The van der Waals surface area contributed by atoms with Gasteiger partial charge in [-0.15, -0.1) is 0 Å². The van der Waals surface area contributed by atoms with Crippen molar-refractivity contribution < 1.29 is 4.79 Å². The lowest BCUT2D eigenvalue weighted by molar-refractivity contribution is 0.0944. The maximum Gasteiger partial charge on any atom is 0.272 e. The number of hydrogen-bond donors (Lipinski definition) is 1. The van der Waals surface area contributed by atoms with Crippen LogP contribution in [0.3, 0.4) is 0 Å². The van der Waals surface area contributed by atoms with Gasteiger partial charge in [-0.3, -0.25) is 14.4 Å². The number of hydrogen-bond acceptors (Lipinski definition) is 3. The molecule has 5 heteroatoms. The van der Waals surface area contributed by atoms with E-state index in [2.05, 4.69) is 15.3 Å². The van der Waals surface area contributed by atoms with Gasteiger partial charge in [0.15, 0.2) is 5.69 Å². The Labute approximate surface area is 142 Å². The molecule has 0 atom stereocenters. The average Bonchev–Trinajstić information content (AvgIpc) is 3.29. The Bertz CT molecular complexity index is 703. The lowest BCUT2D eigenvalue weighted by atomic mass is 10.1. The summed E-state index contributed by atoms with van der Waals surface area (Å²) in [7, 11) is 0. The number of amides is 1. The Kier molecular flexibility index (Phi) is 4.34. The van der Waals surface area contributed by atoms with Crippen LogP contribution in [0.2, 0.25) is 0 Å². The number of nitrogens with zero attached hydrogens (tertiary/aromatic N) is 3. The van der Waals surface area contributed by atoms with Crippen LogP contribution in [0.25, 0.3) is 0 Å². The standard InChI is InChI=1S/C19H24N4O/c24-19(20-13-15-6-2-1-3-7-15)18-12-17-14-22(10-11-23(17)21-18)16-8-4-5-9-16/h1-3,6-7,12,16H,4-5,8-11,13-14H2,(H,20,24). The molecular weight excluding hydrogens is 300 g/mol. The monoisotopic (exact) mass is 324 g/mol. The minimum atomic E-state index is -0.0897. The Balaban J connectivity index is 1.39. The molecule has 1 N–H and O–H groups in total. The molecule has 2 aromatic rings. The molecule has 0 bridgehead atoms. The van der Waals surface area contributed by atoms with Gasteiger partial charge < -0.3 is 5.32 Å². The van der Waals surface area contributed by atoms with Gasteiger partial charge in [-0.2, -0.15) is 5.10 Å². The number of carbonyl (C=O) groups excluding carboxylic acids is 1. The second kappa shape index (κ2) is 6.77. The van der Waals surface area contributed by atoms with Crippen LogP contribution in [0.15, 0.2) is 36.4 Å². The third-order valence-electron chi connectivity index (χ3n) is 5.20. The minimum Gasteiger partial charge on any atom is -0.347 e. The van der Waals surface area contributed by atoms with Gasteiger partial charge in [-0.25, -0.2) is 0 Å². The summed E-state index contributed by atoms with van der Waals surface area (Å²) >= 11 is 0. The Morgan fingerprint density at radius 2 is 1.96 bits per heavy atom. The van der Waals surface area contributed by atoms with E-state index < -0.39 is 0 Å². The molecule has 2 aliphatic rings. The van der Waals surface area contributed by atoms with Gasteiger partial charge in [0.05, 0.1) is 12.2 Å². The summed E-state index contributed by atoms with van der Waals surface area (Å²) in [6, 6.07) is 12.6. The van der Waals surface area contributed by atoms with E-state index in [9.17, 15) is 4.79 Å². The molecule has 2 heterocycles. The van der Waals surface area contributed by atoms with Gasteiger partial charge in [0.2, 0.25) is 0 Å². The second-order valence-electron chi connectivity index (χ2n) is 6.82. The van der Waals surface area contributed by atoms with Crippen LogP contribution >= 0.6 is 0 Å². The summed E-state index contributed by atoms with van der Waals surface area (Å²) in [5, 5.41) is 7.46. The van der Waals surface area contributed by atoms with Crippen molar-refractivity contribution in [1.29, 1.82) is 0 Å². The highest BCUT2D eigenvalue weighted by Gasteiger charge is 2.27. The molecule has 126 valence electrons. The van der Waals surface area contributed by atoms with E-state index in [0.29, 0.717) is 12.2 Å². The zero-order valence-corrected chi connectivity index (χ0v) is 13.9. The number of fused-ring (bicyclic) bond motifs is 1. The van der Waals surface area contributed by atoms with Crippen LogP contribution in [0.1, 0.15) is 47.4 Å². The smallest absolute Gasteiger partial charge is 0.272 e. The van der Waals surface area contributed by atoms with Crippen molar-refractivity contribution >= 4 is 5.91 Å². The van der Waals surface area contributed by atoms with Crippen LogP contribution in [-0.2, 0) is 19.6 Å². The number of carbonyl (C=O) groups is 1. The Morgan fingerprint density at radius 1 is 1.17 bits per heavy atom. The fourth-order valence-electron chi connectivity index (χ4n) is 3.85. The average molecular weight is 324 g/mol. The maximum atomic E-state index is 12.4. The molecular formula is C19H24N4O. The first-order valence-electron chi connectivity index (χ1n) is 8.92. The summed E-state index contributed by atoms with van der Waals surface area (Å²) in [5.74, 6) is -0.0897. The SMILES string of the molecule is O=C(NCc1ccccc1)c1cc2n(n1)CCN(C1CCCC1)C2. The maximum absolute atomic E-state index is 12.4. The van der Waals surface area contributed by atoms with Gasteiger partial charge in [0, 0.05) is 25.7 Å². The molecule has 24 heavy (non-hydrogen) atoms. The van der Waals surface area contributed by atoms with Gasteiger partial charge in [0.25, 0.3) is 5.91 Å². The number of nitrogens with one attached hydrogen (secondary N) is 1. The highest BCUT2D eigenvalue weighted by Crippen LogP contribution is 2.26. The van der Waals surface area contributed by atoms with Gasteiger partial charge >= 0.3 is 0 Å². The predicted octanol–water partition coefficient (Wildman–Crippen LogP) is 2.57. The van der Waals surface area contributed by atoms with Gasteiger partial charge in [-0.05, 0) is 24.5 Å². The van der Waals surface area contributed by atoms with Crippen molar-refractivity contribution in [2.45, 2.75) is 51.4 Å². The normalized spacial score (nSPS) is 18.5. The van der Waals surface area contributed by atoms with Crippen LogP contribution in [0.4, 0.5) is 0 Å². The van der Waals surface area contributed by atoms with Crippen LogP contribution < -0.4 is 5.32 Å². The van der Waals surface area contributed by atoms with Gasteiger partial charge in [-0.1, -0.05) is 43.2 Å². The van der Waals surface area contributed by atoms with Crippen LogP contribution in [-0.4, -0.2) is 33.2 Å². The Morgan fingerprint density at radius 3 is 2.75 bits per heavy atom. The lowest BCUT2D eigenvalue weighted by Crippen LogP contribution is -2.39. The zero-order valence-electron chi connectivity index (χ0n) is 13.9. The first kappa shape index (κ1) is 15.4. The highest BCUT2D eigenvalue weighted by molar-refractivity contribution is 5.92. The zero-order chi connectivity index (χ0) is 16.4. The summed E-state index contributed by atoms with van der Waals surface area (Å²) in [4.78, 5) is 14.9. The number of aromatic nitrogens is 2. The number of rotatable bonds is 4. The second-order valence-corrected chi connectivity index (χ2v) is 6.82. The van der Waals surface area contributed by atoms with E-state index in [4.69, 9.17) is 0 Å². The molecule has 1 fully saturated rings. The van der Waals surface area contributed by atoms with Crippen molar-refractivity contribution in [3.8, 4) is 0 Å². The first-order chi connectivity index (χ1) is 11.8. The third kappa shape index (κ3) is 3.22. The lowest BCUT2D eigenvalue weighted by Gasteiger charge is -2.32. The van der Waals surface area contributed by atoms with E-state index in [1.54, 1.807) is 0 Å². The molecule has 1 aliphatic carbocycles.